The highest BCUT2D eigenvalue weighted by molar-refractivity contribution is 5.75. The van der Waals surface area contributed by atoms with Crippen molar-refractivity contribution in [1.82, 2.24) is 0 Å². The Morgan fingerprint density at radius 3 is 2.27 bits per heavy atom. The highest BCUT2D eigenvalue weighted by Gasteiger charge is 2.14. The number of hydrogen-bond acceptors (Lipinski definition) is 1. The summed E-state index contributed by atoms with van der Waals surface area (Å²) >= 11 is 0. The summed E-state index contributed by atoms with van der Waals surface area (Å²) in [5.41, 5.74) is 12.0. The lowest BCUT2D eigenvalue weighted by molar-refractivity contribution is 0.507. The predicted molar refractivity (Wildman–Crippen MR) is 64.7 cm³/mol. The summed E-state index contributed by atoms with van der Waals surface area (Å²) in [5.74, 6) is 1.07. The van der Waals surface area contributed by atoms with Crippen LogP contribution in [0.25, 0.3) is 0 Å². The molecule has 0 aliphatic heterocycles. The minimum atomic E-state index is 0.164. The second kappa shape index (κ2) is 5.39. The first-order chi connectivity index (χ1) is 7.11. The lowest BCUT2D eigenvalue weighted by atomic mass is 9.88. The number of hydrogen-bond donors (Lipinski definition) is 2. The van der Waals surface area contributed by atoms with Crippen LogP contribution < -0.4 is 11.5 Å². The lowest BCUT2D eigenvalue weighted by Gasteiger charge is -2.19. The molecule has 3 heteroatoms. The third-order valence-corrected chi connectivity index (χ3v) is 2.50. The Morgan fingerprint density at radius 2 is 1.80 bits per heavy atom. The van der Waals surface area contributed by atoms with Gasteiger partial charge in [-0.1, -0.05) is 44.2 Å². The van der Waals surface area contributed by atoms with Gasteiger partial charge in [-0.3, -0.25) is 4.99 Å². The molecule has 0 saturated carbocycles. The number of aliphatic imine (C=N–C) groups is 1. The van der Waals surface area contributed by atoms with E-state index in [2.05, 4.69) is 31.0 Å². The zero-order valence-corrected chi connectivity index (χ0v) is 9.35. The Bertz CT molecular complexity index is 313. The van der Waals surface area contributed by atoms with E-state index in [-0.39, 0.29) is 5.96 Å². The third kappa shape index (κ3) is 3.62. The van der Waals surface area contributed by atoms with Crippen LogP contribution in [-0.2, 0) is 0 Å². The average Bonchev–Trinajstić information content (AvgIpc) is 2.18. The van der Waals surface area contributed by atoms with Crippen LogP contribution >= 0.6 is 0 Å². The maximum atomic E-state index is 5.35. The van der Waals surface area contributed by atoms with Crippen molar-refractivity contribution in [2.75, 3.05) is 6.54 Å². The van der Waals surface area contributed by atoms with Crippen LogP contribution in [0.3, 0.4) is 0 Å². The summed E-state index contributed by atoms with van der Waals surface area (Å²) in [5, 5.41) is 0. The van der Waals surface area contributed by atoms with E-state index in [1.54, 1.807) is 0 Å². The molecule has 0 unspecified atom stereocenters. The fraction of sp³-hybridized carbons (Fsp3) is 0.417. The number of benzene rings is 1. The van der Waals surface area contributed by atoms with Gasteiger partial charge in [0.2, 0.25) is 0 Å². The Balaban J connectivity index is 2.80. The van der Waals surface area contributed by atoms with Crippen molar-refractivity contribution in [3.63, 3.8) is 0 Å². The smallest absolute Gasteiger partial charge is 0.185 e. The van der Waals surface area contributed by atoms with Crippen LogP contribution in [0.15, 0.2) is 35.3 Å². The Hall–Kier alpha value is -1.51. The first-order valence-electron chi connectivity index (χ1n) is 5.21. The molecule has 1 aromatic rings. The molecule has 0 aliphatic rings. The molecular weight excluding hydrogens is 186 g/mol. The van der Waals surface area contributed by atoms with E-state index >= 15 is 0 Å². The summed E-state index contributed by atoms with van der Waals surface area (Å²) in [6, 6.07) is 10.3. The van der Waals surface area contributed by atoms with Crippen LogP contribution in [0, 0.1) is 5.92 Å². The molecule has 0 heterocycles. The standard InChI is InChI=1S/C12H19N3/c1-9(2)11(8-15-12(13)14)10-6-4-3-5-7-10/h3-7,9,11H,8H2,1-2H3,(H4,13,14,15)/t11-/m1/s1. The molecule has 0 fully saturated rings. The summed E-state index contributed by atoms with van der Waals surface area (Å²) < 4.78 is 0. The number of nitrogens with two attached hydrogens (primary N) is 2. The minimum absolute atomic E-state index is 0.164. The maximum Gasteiger partial charge on any atom is 0.185 e. The fourth-order valence-electron chi connectivity index (χ4n) is 1.61. The Kier molecular flexibility index (Phi) is 4.16. The molecule has 0 aliphatic carbocycles. The third-order valence-electron chi connectivity index (χ3n) is 2.50. The van der Waals surface area contributed by atoms with Crippen LogP contribution in [-0.4, -0.2) is 12.5 Å². The molecule has 0 amide bonds. The molecule has 82 valence electrons. The zero-order chi connectivity index (χ0) is 11.3. The van der Waals surface area contributed by atoms with Gasteiger partial charge >= 0.3 is 0 Å². The van der Waals surface area contributed by atoms with E-state index in [4.69, 9.17) is 11.5 Å². The molecule has 0 bridgehead atoms. The van der Waals surface area contributed by atoms with Crippen molar-refractivity contribution in [3.8, 4) is 0 Å². The lowest BCUT2D eigenvalue weighted by Crippen LogP contribution is -2.24. The van der Waals surface area contributed by atoms with Crippen LogP contribution in [0.5, 0.6) is 0 Å². The van der Waals surface area contributed by atoms with Gasteiger partial charge in [-0.2, -0.15) is 0 Å². The van der Waals surface area contributed by atoms with Gasteiger partial charge in [0, 0.05) is 12.5 Å². The van der Waals surface area contributed by atoms with E-state index in [0.29, 0.717) is 18.4 Å². The first-order valence-corrected chi connectivity index (χ1v) is 5.21. The molecule has 1 atom stereocenters. The molecule has 4 N–H and O–H groups in total. The number of nitrogens with zero attached hydrogens (tertiary/aromatic N) is 1. The largest absolute Gasteiger partial charge is 0.370 e. The van der Waals surface area contributed by atoms with Crippen molar-refractivity contribution in [1.29, 1.82) is 0 Å². The maximum absolute atomic E-state index is 5.35. The fourth-order valence-corrected chi connectivity index (χ4v) is 1.61. The van der Waals surface area contributed by atoms with Gasteiger partial charge in [-0.05, 0) is 11.5 Å². The van der Waals surface area contributed by atoms with Gasteiger partial charge in [-0.25, -0.2) is 0 Å². The quantitative estimate of drug-likeness (QED) is 0.580. The van der Waals surface area contributed by atoms with E-state index in [9.17, 15) is 0 Å². The normalized spacial score (nSPS) is 12.5. The number of guanidine groups is 1. The SMILES string of the molecule is CC(C)[C@@H](CN=C(N)N)c1ccccc1. The molecule has 3 nitrogen and oxygen atoms in total. The molecule has 0 aromatic heterocycles. The molecule has 0 spiro atoms. The molecule has 1 rings (SSSR count). The highest BCUT2D eigenvalue weighted by atomic mass is 15.0. The minimum Gasteiger partial charge on any atom is -0.370 e. The van der Waals surface area contributed by atoms with Crippen molar-refractivity contribution < 1.29 is 0 Å². The number of rotatable bonds is 4. The summed E-state index contributed by atoms with van der Waals surface area (Å²) in [7, 11) is 0. The van der Waals surface area contributed by atoms with Crippen molar-refractivity contribution in [3.05, 3.63) is 35.9 Å². The van der Waals surface area contributed by atoms with Crippen LogP contribution in [0.2, 0.25) is 0 Å². The van der Waals surface area contributed by atoms with E-state index in [1.165, 1.54) is 5.56 Å². The van der Waals surface area contributed by atoms with Gasteiger partial charge in [0.15, 0.2) is 5.96 Å². The highest BCUT2D eigenvalue weighted by Crippen LogP contribution is 2.24. The first kappa shape index (κ1) is 11.6. The monoisotopic (exact) mass is 205 g/mol. The van der Waals surface area contributed by atoms with Crippen LogP contribution in [0.4, 0.5) is 0 Å². The Morgan fingerprint density at radius 1 is 1.20 bits per heavy atom. The summed E-state index contributed by atoms with van der Waals surface area (Å²) in [6.07, 6.45) is 0. The molecule has 1 aromatic carbocycles. The van der Waals surface area contributed by atoms with Gasteiger partial charge in [0.1, 0.15) is 0 Å². The van der Waals surface area contributed by atoms with Gasteiger partial charge in [0.05, 0.1) is 0 Å². The summed E-state index contributed by atoms with van der Waals surface area (Å²) in [6.45, 7) is 5.02. The average molecular weight is 205 g/mol. The van der Waals surface area contributed by atoms with Gasteiger partial charge in [-0.15, -0.1) is 0 Å². The predicted octanol–water partition coefficient (Wildman–Crippen LogP) is 1.70. The summed E-state index contributed by atoms with van der Waals surface area (Å²) in [4.78, 5) is 4.09. The van der Waals surface area contributed by atoms with Crippen LogP contribution in [0.1, 0.15) is 25.3 Å². The Labute approximate surface area is 91.2 Å². The van der Waals surface area contributed by atoms with Crippen molar-refractivity contribution >= 4 is 5.96 Å². The van der Waals surface area contributed by atoms with Crippen molar-refractivity contribution in [2.45, 2.75) is 19.8 Å². The zero-order valence-electron chi connectivity index (χ0n) is 9.35. The second-order valence-electron chi connectivity index (χ2n) is 4.03. The van der Waals surface area contributed by atoms with Gasteiger partial charge < -0.3 is 11.5 Å². The molecule has 0 saturated heterocycles. The topological polar surface area (TPSA) is 64.4 Å². The second-order valence-corrected chi connectivity index (χ2v) is 4.03. The van der Waals surface area contributed by atoms with E-state index in [0.717, 1.165) is 0 Å². The van der Waals surface area contributed by atoms with Crippen molar-refractivity contribution in [2.24, 2.45) is 22.4 Å². The molecule has 15 heavy (non-hydrogen) atoms. The molecule has 0 radical (unpaired) electrons. The molecular formula is C12H19N3. The van der Waals surface area contributed by atoms with Gasteiger partial charge in [0.25, 0.3) is 0 Å². The van der Waals surface area contributed by atoms with E-state index < -0.39 is 0 Å². The van der Waals surface area contributed by atoms with E-state index in [1.807, 2.05) is 18.2 Å².